The molecule has 0 aliphatic carbocycles. The second kappa shape index (κ2) is 14.1. The Hall–Kier alpha value is -4.06. The Morgan fingerprint density at radius 2 is 1.73 bits per heavy atom. The van der Waals surface area contributed by atoms with Gasteiger partial charge in [0.2, 0.25) is 0 Å². The smallest absolute Gasteiger partial charge is 0.319 e. The minimum Gasteiger partial charge on any atom is -0.378 e. The van der Waals surface area contributed by atoms with E-state index in [1.54, 1.807) is 0 Å². The summed E-state index contributed by atoms with van der Waals surface area (Å²) in [6.07, 6.45) is 4.87. The molecule has 2 N–H and O–H groups in total. The highest BCUT2D eigenvalue weighted by Crippen LogP contribution is 2.32. The second-order valence-corrected chi connectivity index (χ2v) is 11.9. The number of nitrogens with one attached hydrogen (secondary N) is 2. The Morgan fingerprint density at radius 3 is 2.45 bits per heavy atom. The van der Waals surface area contributed by atoms with Gasteiger partial charge >= 0.3 is 6.03 Å². The highest BCUT2D eigenvalue weighted by Gasteiger charge is 2.26. The first-order valence-corrected chi connectivity index (χ1v) is 15.7. The number of rotatable bonds is 10. The number of urea groups is 1. The second-order valence-electron chi connectivity index (χ2n) is 11.9. The summed E-state index contributed by atoms with van der Waals surface area (Å²) in [7, 11) is 4.05. The third-order valence-electron chi connectivity index (χ3n) is 8.36. The van der Waals surface area contributed by atoms with Crippen molar-refractivity contribution in [3.63, 3.8) is 0 Å². The van der Waals surface area contributed by atoms with Crippen molar-refractivity contribution in [1.82, 2.24) is 34.9 Å². The molecule has 11 heteroatoms. The lowest BCUT2D eigenvalue weighted by Gasteiger charge is -2.32. The van der Waals surface area contributed by atoms with Gasteiger partial charge in [0, 0.05) is 50.5 Å². The molecule has 6 rings (SSSR count). The van der Waals surface area contributed by atoms with E-state index in [0.717, 1.165) is 86.6 Å². The quantitative estimate of drug-likeness (QED) is 0.262. The van der Waals surface area contributed by atoms with Crippen LogP contribution in [-0.2, 0) is 11.3 Å². The number of hydrogen-bond acceptors (Lipinski definition) is 8. The van der Waals surface area contributed by atoms with E-state index in [0.29, 0.717) is 25.6 Å². The van der Waals surface area contributed by atoms with Crippen molar-refractivity contribution >= 4 is 28.6 Å². The Kier molecular flexibility index (Phi) is 9.64. The average molecular weight is 598 g/mol. The average Bonchev–Trinajstić information content (AvgIpc) is 3.48. The number of carbonyl (C=O) groups excluding carboxylic acids is 1. The van der Waals surface area contributed by atoms with Crippen LogP contribution in [0.25, 0.3) is 22.4 Å². The molecule has 2 saturated heterocycles. The normalized spacial score (nSPS) is 16.5. The minimum atomic E-state index is -0.206. The highest BCUT2D eigenvalue weighted by molar-refractivity contribution is 5.90. The predicted molar refractivity (Wildman–Crippen MR) is 174 cm³/mol. The summed E-state index contributed by atoms with van der Waals surface area (Å²) in [6.45, 7) is 7.48. The number of amides is 2. The van der Waals surface area contributed by atoms with E-state index >= 15 is 0 Å². The van der Waals surface area contributed by atoms with E-state index in [4.69, 9.17) is 19.8 Å². The summed E-state index contributed by atoms with van der Waals surface area (Å²) in [5.74, 6) is 1.56. The molecule has 2 aliphatic rings. The Bertz CT molecular complexity index is 1510. The number of ether oxygens (including phenoxy) is 1. The van der Waals surface area contributed by atoms with Crippen molar-refractivity contribution < 1.29 is 9.53 Å². The van der Waals surface area contributed by atoms with Gasteiger partial charge in [-0.2, -0.15) is 5.10 Å². The van der Waals surface area contributed by atoms with Gasteiger partial charge < -0.3 is 25.2 Å². The summed E-state index contributed by atoms with van der Waals surface area (Å²) in [5, 5.41) is 11.7. The van der Waals surface area contributed by atoms with Gasteiger partial charge in [-0.25, -0.2) is 19.4 Å². The van der Waals surface area contributed by atoms with Gasteiger partial charge in [0.1, 0.15) is 5.82 Å². The van der Waals surface area contributed by atoms with Gasteiger partial charge in [0.25, 0.3) is 0 Å². The number of morpholine rings is 1. The molecule has 4 heterocycles. The summed E-state index contributed by atoms with van der Waals surface area (Å²) in [6, 6.07) is 18.5. The molecule has 0 spiro atoms. The van der Waals surface area contributed by atoms with Gasteiger partial charge in [-0.1, -0.05) is 30.3 Å². The predicted octanol–water partition coefficient (Wildman–Crippen LogP) is 4.24. The first-order valence-electron chi connectivity index (χ1n) is 15.7. The van der Waals surface area contributed by atoms with Crippen molar-refractivity contribution in [3.05, 3.63) is 66.4 Å². The lowest BCUT2D eigenvalue weighted by atomic mass is 10.0. The van der Waals surface area contributed by atoms with Gasteiger partial charge in [-0.05, 0) is 69.7 Å². The van der Waals surface area contributed by atoms with E-state index < -0.39 is 0 Å². The fourth-order valence-electron chi connectivity index (χ4n) is 5.96. The molecular weight excluding hydrogens is 554 g/mol. The Labute approximate surface area is 259 Å². The lowest BCUT2D eigenvalue weighted by Crippen LogP contribution is -2.37. The SMILES string of the molecule is CN(C)CCCNC(=O)Nc1ccc(-c2nc(N3CCOCC3)c3cnn(C4CCN(Cc5ccccc5)CC4)c3n2)cc1. The fourth-order valence-corrected chi connectivity index (χ4v) is 5.96. The van der Waals surface area contributed by atoms with E-state index in [2.05, 4.69) is 60.3 Å². The maximum absolute atomic E-state index is 12.4. The molecule has 0 bridgehead atoms. The number of benzene rings is 2. The van der Waals surface area contributed by atoms with Crippen molar-refractivity contribution in [3.8, 4) is 11.4 Å². The molecule has 2 aliphatic heterocycles. The van der Waals surface area contributed by atoms with Gasteiger partial charge in [-0.3, -0.25) is 4.90 Å². The molecule has 0 unspecified atom stereocenters. The number of hydrogen-bond donors (Lipinski definition) is 2. The van der Waals surface area contributed by atoms with E-state index in [-0.39, 0.29) is 12.1 Å². The molecule has 11 nitrogen and oxygen atoms in total. The summed E-state index contributed by atoms with van der Waals surface area (Å²) in [4.78, 5) is 29.4. The number of likely N-dealkylation sites (tertiary alicyclic amines) is 1. The molecule has 2 fully saturated rings. The van der Waals surface area contributed by atoms with Crippen LogP contribution < -0.4 is 15.5 Å². The van der Waals surface area contributed by atoms with Crippen molar-refractivity contribution in [1.29, 1.82) is 0 Å². The topological polar surface area (TPSA) is 104 Å². The van der Waals surface area contributed by atoms with E-state index in [9.17, 15) is 4.79 Å². The van der Waals surface area contributed by atoms with E-state index in [1.165, 1.54) is 5.56 Å². The van der Waals surface area contributed by atoms with E-state index in [1.807, 2.05) is 44.6 Å². The van der Waals surface area contributed by atoms with Crippen LogP contribution in [0.4, 0.5) is 16.3 Å². The fraction of sp³-hybridized carbons (Fsp3) is 0.455. The zero-order valence-electron chi connectivity index (χ0n) is 25.8. The monoisotopic (exact) mass is 597 g/mol. The van der Waals surface area contributed by atoms with Crippen LogP contribution >= 0.6 is 0 Å². The van der Waals surface area contributed by atoms with Gasteiger partial charge in [0.15, 0.2) is 11.5 Å². The number of aromatic nitrogens is 4. The molecule has 232 valence electrons. The largest absolute Gasteiger partial charge is 0.378 e. The number of carbonyl (C=O) groups is 1. The van der Waals surface area contributed by atoms with Crippen LogP contribution in [0.15, 0.2) is 60.8 Å². The summed E-state index contributed by atoms with van der Waals surface area (Å²) < 4.78 is 7.76. The first kappa shape index (κ1) is 30.0. The number of nitrogens with zero attached hydrogens (tertiary/aromatic N) is 7. The third-order valence-corrected chi connectivity index (χ3v) is 8.36. The molecule has 2 aromatic carbocycles. The van der Waals surface area contributed by atoms with Gasteiger partial charge in [-0.15, -0.1) is 0 Å². The maximum atomic E-state index is 12.4. The van der Waals surface area contributed by atoms with Crippen molar-refractivity contribution in [2.45, 2.75) is 31.8 Å². The molecule has 0 saturated carbocycles. The van der Waals surface area contributed by atoms with Crippen molar-refractivity contribution in [2.75, 3.05) is 76.8 Å². The molecule has 0 atom stereocenters. The summed E-state index contributed by atoms with van der Waals surface area (Å²) in [5.41, 5.74) is 3.84. The first-order chi connectivity index (χ1) is 21.5. The van der Waals surface area contributed by atoms with Crippen LogP contribution in [0.1, 0.15) is 30.9 Å². The van der Waals surface area contributed by atoms with Crippen LogP contribution in [0.5, 0.6) is 0 Å². The van der Waals surface area contributed by atoms with Crippen LogP contribution in [0.3, 0.4) is 0 Å². The zero-order chi connectivity index (χ0) is 30.3. The molecule has 4 aromatic rings. The van der Waals surface area contributed by atoms with Crippen LogP contribution in [-0.4, -0.2) is 102 Å². The molecule has 2 aromatic heterocycles. The number of fused-ring (bicyclic) bond motifs is 1. The highest BCUT2D eigenvalue weighted by atomic mass is 16.5. The third kappa shape index (κ3) is 7.35. The minimum absolute atomic E-state index is 0.206. The van der Waals surface area contributed by atoms with Gasteiger partial charge in [0.05, 0.1) is 30.8 Å². The molecule has 2 amide bonds. The lowest BCUT2D eigenvalue weighted by molar-refractivity contribution is 0.122. The number of piperidine rings is 1. The zero-order valence-corrected chi connectivity index (χ0v) is 25.8. The number of anilines is 2. The van der Waals surface area contributed by atoms with Crippen LogP contribution in [0.2, 0.25) is 0 Å². The molecule has 44 heavy (non-hydrogen) atoms. The Morgan fingerprint density at radius 1 is 0.977 bits per heavy atom. The summed E-state index contributed by atoms with van der Waals surface area (Å²) >= 11 is 0. The Balaban J connectivity index is 1.20. The molecule has 0 radical (unpaired) electrons. The standard InChI is InChI=1S/C33H43N9O2/c1-39(2)16-6-15-34-33(43)36-27-11-9-26(10-12-27)30-37-31(41-19-21-44-22-20-41)29-23-35-42(32(29)38-30)28-13-17-40(18-14-28)24-25-7-4-3-5-8-25/h3-5,7-12,23,28H,6,13-22,24H2,1-2H3,(H2,34,36,43). The van der Waals surface area contributed by atoms with Crippen LogP contribution in [0, 0.1) is 0 Å². The maximum Gasteiger partial charge on any atom is 0.319 e. The van der Waals surface area contributed by atoms with Crippen molar-refractivity contribution in [2.24, 2.45) is 0 Å². The molecular formula is C33H43N9O2.